The summed E-state index contributed by atoms with van der Waals surface area (Å²) in [5.41, 5.74) is 1.65. The second-order valence-electron chi connectivity index (χ2n) is 8.11. The molecule has 2 aromatic rings. The van der Waals surface area contributed by atoms with Gasteiger partial charge in [0, 0.05) is 37.3 Å². The van der Waals surface area contributed by atoms with E-state index < -0.39 is 0 Å². The Kier molecular flexibility index (Phi) is 7.19. The first-order valence-electron chi connectivity index (χ1n) is 11.1. The van der Waals surface area contributed by atoms with Crippen molar-refractivity contribution < 1.29 is 14.3 Å². The number of nitrogens with zero attached hydrogens (tertiary/aromatic N) is 3. The highest BCUT2D eigenvalue weighted by Gasteiger charge is 2.27. The SMILES string of the molecule is COC(=O)c1c(NC(=O)CN2CCN(c3ccccn3)CC2)sc2c1CCCCCC2. The van der Waals surface area contributed by atoms with Gasteiger partial charge in [-0.3, -0.25) is 9.69 Å². The van der Waals surface area contributed by atoms with Gasteiger partial charge in [-0.05, 0) is 43.4 Å². The predicted octanol–water partition coefficient (Wildman–Crippen LogP) is 3.35. The molecule has 166 valence electrons. The molecule has 1 amide bonds. The fourth-order valence-electron chi connectivity index (χ4n) is 4.37. The van der Waals surface area contributed by atoms with Crippen molar-refractivity contribution in [3.05, 3.63) is 40.4 Å². The molecular weight excluding hydrogens is 412 g/mol. The summed E-state index contributed by atoms with van der Waals surface area (Å²) < 4.78 is 5.05. The van der Waals surface area contributed by atoms with E-state index in [1.54, 1.807) is 17.5 Å². The van der Waals surface area contributed by atoms with Gasteiger partial charge in [0.1, 0.15) is 10.8 Å². The summed E-state index contributed by atoms with van der Waals surface area (Å²) in [6.45, 7) is 3.60. The van der Waals surface area contributed by atoms with Crippen LogP contribution in [0.25, 0.3) is 0 Å². The fraction of sp³-hybridized carbons (Fsp3) is 0.522. The Hall–Kier alpha value is -2.45. The van der Waals surface area contributed by atoms with Gasteiger partial charge < -0.3 is 15.0 Å². The molecule has 8 heteroatoms. The molecule has 2 aromatic heterocycles. The van der Waals surface area contributed by atoms with Crippen LogP contribution in [-0.2, 0) is 22.4 Å². The average molecular weight is 443 g/mol. The minimum Gasteiger partial charge on any atom is -0.465 e. The Balaban J connectivity index is 1.39. The van der Waals surface area contributed by atoms with E-state index in [1.165, 1.54) is 24.8 Å². The zero-order valence-electron chi connectivity index (χ0n) is 18.1. The smallest absolute Gasteiger partial charge is 0.341 e. The minimum absolute atomic E-state index is 0.0781. The number of thiophene rings is 1. The second-order valence-corrected chi connectivity index (χ2v) is 9.22. The van der Waals surface area contributed by atoms with E-state index in [1.807, 2.05) is 18.2 Å². The van der Waals surface area contributed by atoms with Gasteiger partial charge in [-0.1, -0.05) is 18.9 Å². The lowest BCUT2D eigenvalue weighted by atomic mass is 9.96. The van der Waals surface area contributed by atoms with E-state index >= 15 is 0 Å². The van der Waals surface area contributed by atoms with E-state index in [2.05, 4.69) is 20.1 Å². The van der Waals surface area contributed by atoms with Gasteiger partial charge in [0.25, 0.3) is 0 Å². The highest BCUT2D eigenvalue weighted by Crippen LogP contribution is 2.37. The van der Waals surface area contributed by atoms with Crippen LogP contribution in [0.5, 0.6) is 0 Å². The molecule has 31 heavy (non-hydrogen) atoms. The maximum atomic E-state index is 12.8. The van der Waals surface area contributed by atoms with Crippen molar-refractivity contribution in [2.75, 3.05) is 50.1 Å². The molecule has 0 spiro atoms. The number of methoxy groups -OCH3 is 1. The Morgan fingerprint density at radius 1 is 1.10 bits per heavy atom. The number of hydrogen-bond acceptors (Lipinski definition) is 7. The number of aryl methyl sites for hydroxylation is 1. The van der Waals surface area contributed by atoms with Gasteiger partial charge in [0.15, 0.2) is 0 Å². The molecule has 0 radical (unpaired) electrons. The summed E-state index contributed by atoms with van der Waals surface area (Å²) in [5.74, 6) is 0.549. The van der Waals surface area contributed by atoms with Crippen molar-refractivity contribution in [3.63, 3.8) is 0 Å². The number of aromatic nitrogens is 1. The predicted molar refractivity (Wildman–Crippen MR) is 123 cm³/mol. The van der Waals surface area contributed by atoms with Crippen LogP contribution in [0.15, 0.2) is 24.4 Å². The molecule has 2 aliphatic rings. The van der Waals surface area contributed by atoms with E-state index in [0.717, 1.165) is 63.2 Å². The molecule has 1 N–H and O–H groups in total. The molecule has 0 saturated carbocycles. The first-order chi connectivity index (χ1) is 15.2. The number of piperazine rings is 1. The van der Waals surface area contributed by atoms with Crippen LogP contribution < -0.4 is 10.2 Å². The minimum atomic E-state index is -0.350. The molecule has 0 aromatic carbocycles. The lowest BCUT2D eigenvalue weighted by Crippen LogP contribution is -2.48. The summed E-state index contributed by atoms with van der Waals surface area (Å²) in [4.78, 5) is 35.4. The number of amides is 1. The summed E-state index contributed by atoms with van der Waals surface area (Å²) in [6, 6.07) is 5.92. The van der Waals surface area contributed by atoms with Crippen molar-refractivity contribution in [2.24, 2.45) is 0 Å². The lowest BCUT2D eigenvalue weighted by molar-refractivity contribution is -0.117. The Morgan fingerprint density at radius 3 is 2.58 bits per heavy atom. The number of rotatable bonds is 5. The summed E-state index contributed by atoms with van der Waals surface area (Å²) >= 11 is 1.55. The standard InChI is InChI=1S/C23H30N4O3S/c1-30-23(29)21-17-8-4-2-3-5-9-18(17)31-22(21)25-20(28)16-26-12-14-27(15-13-26)19-10-6-7-11-24-19/h6-7,10-11H,2-5,8-9,12-16H2,1H3,(H,25,28). The zero-order chi connectivity index (χ0) is 21.6. The number of carbonyl (C=O) groups is 2. The van der Waals surface area contributed by atoms with Gasteiger partial charge in [-0.15, -0.1) is 11.3 Å². The van der Waals surface area contributed by atoms with Crippen LogP contribution in [0.4, 0.5) is 10.8 Å². The van der Waals surface area contributed by atoms with E-state index in [9.17, 15) is 9.59 Å². The molecular formula is C23H30N4O3S. The number of fused-ring (bicyclic) bond motifs is 1. The van der Waals surface area contributed by atoms with Crippen LogP contribution in [0, 0.1) is 0 Å². The molecule has 0 unspecified atom stereocenters. The zero-order valence-corrected chi connectivity index (χ0v) is 18.9. The topological polar surface area (TPSA) is 74.8 Å². The Bertz CT molecular complexity index is 907. The van der Waals surface area contributed by atoms with Crippen LogP contribution in [0.1, 0.15) is 46.5 Å². The quantitative estimate of drug-likeness (QED) is 0.716. The Labute approximate surface area is 187 Å². The first-order valence-corrected chi connectivity index (χ1v) is 11.9. The largest absolute Gasteiger partial charge is 0.465 e. The maximum Gasteiger partial charge on any atom is 0.341 e. The molecule has 1 aliphatic heterocycles. The van der Waals surface area contributed by atoms with Crippen molar-refractivity contribution in [1.82, 2.24) is 9.88 Å². The molecule has 1 aliphatic carbocycles. The van der Waals surface area contributed by atoms with E-state index in [0.29, 0.717) is 17.1 Å². The number of esters is 1. The molecule has 4 rings (SSSR count). The third-order valence-corrected chi connectivity index (χ3v) is 7.23. The van der Waals surface area contributed by atoms with Crippen LogP contribution in [0.3, 0.4) is 0 Å². The average Bonchev–Trinajstić information content (AvgIpc) is 3.10. The van der Waals surface area contributed by atoms with Gasteiger partial charge in [0.2, 0.25) is 5.91 Å². The van der Waals surface area contributed by atoms with Crippen LogP contribution in [0.2, 0.25) is 0 Å². The van der Waals surface area contributed by atoms with E-state index in [4.69, 9.17) is 4.74 Å². The van der Waals surface area contributed by atoms with Crippen molar-refractivity contribution >= 4 is 34.0 Å². The molecule has 1 fully saturated rings. The van der Waals surface area contributed by atoms with E-state index in [-0.39, 0.29) is 11.9 Å². The van der Waals surface area contributed by atoms with Crippen molar-refractivity contribution in [2.45, 2.75) is 38.5 Å². The fourth-order valence-corrected chi connectivity index (χ4v) is 5.66. The molecule has 0 bridgehead atoms. The maximum absolute atomic E-state index is 12.8. The molecule has 1 saturated heterocycles. The highest BCUT2D eigenvalue weighted by atomic mass is 32.1. The third-order valence-electron chi connectivity index (χ3n) is 6.03. The van der Waals surface area contributed by atoms with Crippen LogP contribution in [-0.4, -0.2) is 61.6 Å². The Morgan fingerprint density at radius 2 is 1.87 bits per heavy atom. The summed E-state index contributed by atoms with van der Waals surface area (Å²) in [6.07, 6.45) is 8.25. The summed E-state index contributed by atoms with van der Waals surface area (Å²) in [7, 11) is 1.40. The number of carbonyl (C=O) groups excluding carboxylic acids is 2. The van der Waals surface area contributed by atoms with Gasteiger partial charge >= 0.3 is 5.97 Å². The van der Waals surface area contributed by atoms with Gasteiger partial charge in [-0.2, -0.15) is 0 Å². The highest BCUT2D eigenvalue weighted by molar-refractivity contribution is 7.17. The van der Waals surface area contributed by atoms with Crippen LogP contribution >= 0.6 is 11.3 Å². The number of hydrogen-bond donors (Lipinski definition) is 1. The number of anilines is 2. The number of ether oxygens (including phenoxy) is 1. The lowest BCUT2D eigenvalue weighted by Gasteiger charge is -2.34. The first kappa shape index (κ1) is 21.8. The molecule has 7 nitrogen and oxygen atoms in total. The van der Waals surface area contributed by atoms with Crippen molar-refractivity contribution in [1.29, 1.82) is 0 Å². The van der Waals surface area contributed by atoms with Crippen molar-refractivity contribution in [3.8, 4) is 0 Å². The third kappa shape index (κ3) is 5.25. The summed E-state index contributed by atoms with van der Waals surface area (Å²) in [5, 5.41) is 3.67. The van der Waals surface area contributed by atoms with Gasteiger partial charge in [0.05, 0.1) is 19.2 Å². The second kappa shape index (κ2) is 10.2. The number of nitrogens with one attached hydrogen (secondary N) is 1. The molecule has 3 heterocycles. The number of pyridine rings is 1. The normalized spacial score (nSPS) is 17.4. The molecule has 0 atom stereocenters. The van der Waals surface area contributed by atoms with Gasteiger partial charge in [-0.25, -0.2) is 9.78 Å². The monoisotopic (exact) mass is 442 g/mol.